The highest BCUT2D eigenvalue weighted by Crippen LogP contribution is 2.34. The Morgan fingerprint density at radius 2 is 2.08 bits per heavy atom. The number of amides is 2. The fraction of sp³-hybridized carbons (Fsp3) is 0.421. The van der Waals surface area contributed by atoms with Gasteiger partial charge >= 0.3 is 11.8 Å². The van der Waals surface area contributed by atoms with Crippen LogP contribution in [-0.2, 0) is 23.1 Å². The van der Waals surface area contributed by atoms with E-state index >= 15 is 0 Å². The lowest BCUT2D eigenvalue weighted by atomic mass is 10.0. The van der Waals surface area contributed by atoms with Gasteiger partial charge in [0.2, 0.25) is 0 Å². The molecular formula is C19H24N4O3. The van der Waals surface area contributed by atoms with Gasteiger partial charge in [-0.1, -0.05) is 12.1 Å². The van der Waals surface area contributed by atoms with Crippen molar-refractivity contribution in [1.29, 1.82) is 0 Å². The Morgan fingerprint density at radius 1 is 1.31 bits per heavy atom. The minimum absolute atomic E-state index is 0.0615. The summed E-state index contributed by atoms with van der Waals surface area (Å²) < 4.78 is 6.79. The van der Waals surface area contributed by atoms with E-state index in [4.69, 9.17) is 4.74 Å². The predicted molar refractivity (Wildman–Crippen MR) is 97.9 cm³/mol. The number of nitrogens with zero attached hydrogens (tertiary/aromatic N) is 2. The van der Waals surface area contributed by atoms with E-state index in [1.807, 2.05) is 31.2 Å². The molecule has 3 rings (SSSR count). The van der Waals surface area contributed by atoms with Crippen LogP contribution in [0, 0.1) is 12.8 Å². The van der Waals surface area contributed by atoms with Crippen LogP contribution in [0.15, 0.2) is 30.3 Å². The molecule has 1 unspecified atom stereocenters. The third kappa shape index (κ3) is 4.41. The summed E-state index contributed by atoms with van der Waals surface area (Å²) >= 11 is 0. The van der Waals surface area contributed by atoms with Gasteiger partial charge in [-0.05, 0) is 49.8 Å². The van der Waals surface area contributed by atoms with Crippen molar-refractivity contribution in [2.45, 2.75) is 32.2 Å². The van der Waals surface area contributed by atoms with Gasteiger partial charge in [0.1, 0.15) is 11.6 Å². The van der Waals surface area contributed by atoms with E-state index < -0.39 is 11.8 Å². The van der Waals surface area contributed by atoms with Crippen LogP contribution in [0.3, 0.4) is 0 Å². The minimum Gasteiger partial charge on any atom is -0.497 e. The zero-order valence-corrected chi connectivity index (χ0v) is 15.3. The van der Waals surface area contributed by atoms with E-state index in [9.17, 15) is 9.59 Å². The minimum atomic E-state index is -0.677. The quantitative estimate of drug-likeness (QED) is 0.773. The molecule has 1 aromatic carbocycles. The lowest BCUT2D eigenvalue weighted by molar-refractivity contribution is -0.136. The van der Waals surface area contributed by atoms with Crippen molar-refractivity contribution in [3.63, 3.8) is 0 Å². The lowest BCUT2D eigenvalue weighted by Gasteiger charge is -2.18. The first-order valence-electron chi connectivity index (χ1n) is 8.71. The fourth-order valence-corrected chi connectivity index (χ4v) is 3.02. The highest BCUT2D eigenvalue weighted by molar-refractivity contribution is 6.39. The molecular weight excluding hydrogens is 332 g/mol. The Morgan fingerprint density at radius 3 is 2.69 bits per heavy atom. The van der Waals surface area contributed by atoms with Crippen LogP contribution in [0.25, 0.3) is 0 Å². The molecule has 1 fully saturated rings. The number of hydrogen-bond acceptors (Lipinski definition) is 4. The van der Waals surface area contributed by atoms with Gasteiger partial charge in [-0.3, -0.25) is 14.3 Å². The summed E-state index contributed by atoms with van der Waals surface area (Å²) in [7, 11) is 3.35. The molecule has 1 saturated carbocycles. The van der Waals surface area contributed by atoms with Crippen molar-refractivity contribution < 1.29 is 14.3 Å². The highest BCUT2D eigenvalue weighted by atomic mass is 16.5. The first-order chi connectivity index (χ1) is 12.5. The second-order valence-corrected chi connectivity index (χ2v) is 6.72. The second-order valence-electron chi connectivity index (χ2n) is 6.72. The SMILES string of the molecule is COc1cccc(CC(NC(=O)C(=O)Nc2cc(C)nn2C)C2CC2)c1. The average molecular weight is 356 g/mol. The van der Waals surface area contributed by atoms with Crippen LogP contribution in [0.4, 0.5) is 5.82 Å². The molecule has 0 saturated heterocycles. The Bertz CT molecular complexity index is 811. The number of methoxy groups -OCH3 is 1. The van der Waals surface area contributed by atoms with Gasteiger partial charge in [-0.25, -0.2) is 0 Å². The average Bonchev–Trinajstić information content (AvgIpc) is 3.40. The number of carbonyl (C=O) groups is 2. The van der Waals surface area contributed by atoms with E-state index in [1.54, 1.807) is 20.2 Å². The summed E-state index contributed by atoms with van der Waals surface area (Å²) in [6, 6.07) is 9.44. The van der Waals surface area contributed by atoms with Crippen LogP contribution in [0.2, 0.25) is 0 Å². The van der Waals surface area contributed by atoms with Crippen molar-refractivity contribution >= 4 is 17.6 Å². The molecule has 0 spiro atoms. The molecule has 2 N–H and O–H groups in total. The monoisotopic (exact) mass is 356 g/mol. The van der Waals surface area contributed by atoms with Gasteiger partial charge in [0.05, 0.1) is 12.8 Å². The fourth-order valence-electron chi connectivity index (χ4n) is 3.02. The van der Waals surface area contributed by atoms with Crippen LogP contribution in [-0.4, -0.2) is 34.7 Å². The maximum atomic E-state index is 12.3. The zero-order chi connectivity index (χ0) is 18.7. The summed E-state index contributed by atoms with van der Waals surface area (Å²) in [5.74, 6) is 0.399. The molecule has 1 heterocycles. The number of anilines is 1. The number of aromatic nitrogens is 2. The van der Waals surface area contributed by atoms with Gasteiger partial charge in [0, 0.05) is 19.2 Å². The molecule has 1 aromatic heterocycles. The molecule has 7 nitrogen and oxygen atoms in total. The number of nitrogens with one attached hydrogen (secondary N) is 2. The molecule has 1 atom stereocenters. The Labute approximate surface area is 152 Å². The third-order valence-electron chi connectivity index (χ3n) is 4.55. The maximum absolute atomic E-state index is 12.3. The summed E-state index contributed by atoms with van der Waals surface area (Å²) in [6.07, 6.45) is 2.81. The molecule has 1 aliphatic rings. The second kappa shape index (κ2) is 7.59. The van der Waals surface area contributed by atoms with Crippen molar-refractivity contribution in [3.05, 3.63) is 41.6 Å². The molecule has 0 bridgehead atoms. The van der Waals surface area contributed by atoms with Crippen LogP contribution in [0.5, 0.6) is 5.75 Å². The van der Waals surface area contributed by atoms with Gasteiger partial charge in [0.15, 0.2) is 0 Å². The third-order valence-corrected chi connectivity index (χ3v) is 4.55. The number of ether oxygens (including phenoxy) is 1. The van der Waals surface area contributed by atoms with Crippen LogP contribution >= 0.6 is 0 Å². The first kappa shape index (κ1) is 18.0. The molecule has 1 aliphatic carbocycles. The highest BCUT2D eigenvalue weighted by Gasteiger charge is 2.33. The zero-order valence-electron chi connectivity index (χ0n) is 15.3. The van der Waals surface area contributed by atoms with Crippen molar-refractivity contribution in [1.82, 2.24) is 15.1 Å². The number of hydrogen-bond donors (Lipinski definition) is 2. The topological polar surface area (TPSA) is 85.2 Å². The Hall–Kier alpha value is -2.83. The van der Waals surface area contributed by atoms with E-state index in [2.05, 4.69) is 15.7 Å². The standard InChI is InChI=1S/C19H24N4O3/c1-12-9-17(23(2)22-12)21-19(25)18(24)20-16(14-7-8-14)11-13-5-4-6-15(10-13)26-3/h4-6,9-10,14,16H,7-8,11H2,1-3H3,(H,20,24)(H,21,25). The van der Waals surface area contributed by atoms with E-state index in [-0.39, 0.29) is 6.04 Å². The van der Waals surface area contributed by atoms with E-state index in [1.165, 1.54) is 4.68 Å². The molecule has 7 heteroatoms. The number of aryl methyl sites for hydroxylation is 2. The van der Waals surface area contributed by atoms with Gasteiger partial charge in [0.25, 0.3) is 0 Å². The van der Waals surface area contributed by atoms with Gasteiger partial charge < -0.3 is 15.4 Å². The molecule has 138 valence electrons. The summed E-state index contributed by atoms with van der Waals surface area (Å²) in [4.78, 5) is 24.6. The number of benzene rings is 1. The lowest BCUT2D eigenvalue weighted by Crippen LogP contribution is -2.44. The van der Waals surface area contributed by atoms with Gasteiger partial charge in [-0.2, -0.15) is 5.10 Å². The van der Waals surface area contributed by atoms with E-state index in [0.29, 0.717) is 18.2 Å². The normalized spacial score (nSPS) is 14.6. The largest absolute Gasteiger partial charge is 0.497 e. The van der Waals surface area contributed by atoms with Crippen molar-refractivity contribution in [2.75, 3.05) is 12.4 Å². The summed E-state index contributed by atoms with van der Waals surface area (Å²) in [5, 5.41) is 9.65. The Kier molecular flexibility index (Phi) is 5.25. The maximum Gasteiger partial charge on any atom is 0.314 e. The summed E-state index contributed by atoms with van der Waals surface area (Å²) in [6.45, 7) is 1.83. The van der Waals surface area contributed by atoms with Crippen molar-refractivity contribution in [2.24, 2.45) is 13.0 Å². The molecule has 2 aromatic rings. The van der Waals surface area contributed by atoms with Crippen molar-refractivity contribution in [3.8, 4) is 5.75 Å². The van der Waals surface area contributed by atoms with Gasteiger partial charge in [-0.15, -0.1) is 0 Å². The van der Waals surface area contributed by atoms with Crippen LogP contribution < -0.4 is 15.4 Å². The first-order valence-corrected chi connectivity index (χ1v) is 8.71. The molecule has 26 heavy (non-hydrogen) atoms. The van der Waals surface area contributed by atoms with E-state index in [0.717, 1.165) is 29.8 Å². The molecule has 2 amide bonds. The Balaban J connectivity index is 1.63. The number of rotatable bonds is 6. The number of carbonyl (C=O) groups excluding carboxylic acids is 2. The molecule has 0 radical (unpaired) electrons. The smallest absolute Gasteiger partial charge is 0.314 e. The van der Waals surface area contributed by atoms with Crippen LogP contribution in [0.1, 0.15) is 24.1 Å². The predicted octanol–water partition coefficient (Wildman–Crippen LogP) is 1.81. The summed E-state index contributed by atoms with van der Waals surface area (Å²) in [5.41, 5.74) is 1.85. The molecule has 0 aliphatic heterocycles.